The number of nitrogens with zero attached hydrogens (tertiary/aromatic N) is 2. The number of nitro benzene ring substituents is 1. The van der Waals surface area contributed by atoms with E-state index in [9.17, 15) is 20.0 Å². The third kappa shape index (κ3) is 4.49. The van der Waals surface area contributed by atoms with Crippen molar-refractivity contribution in [3.8, 4) is 11.8 Å². The van der Waals surface area contributed by atoms with Gasteiger partial charge in [0.25, 0.3) is 11.6 Å². The second-order valence-corrected chi connectivity index (χ2v) is 5.62. The number of amides is 1. The molecule has 2 rings (SSSR count). The van der Waals surface area contributed by atoms with E-state index >= 15 is 0 Å². The van der Waals surface area contributed by atoms with Crippen molar-refractivity contribution in [2.45, 2.75) is 6.92 Å². The second kappa shape index (κ2) is 8.00. The quantitative estimate of drug-likeness (QED) is 0.241. The Kier molecular flexibility index (Phi) is 5.78. The zero-order valence-electron chi connectivity index (χ0n) is 13.5. The molecule has 0 spiro atoms. The Bertz CT molecular complexity index is 950. The van der Waals surface area contributed by atoms with Crippen LogP contribution < -0.4 is 10.6 Å². The number of non-ortho nitro benzene ring substituents is 1. The summed E-state index contributed by atoms with van der Waals surface area (Å²) in [6.07, 6.45) is 1.12. The number of nitrogens with one attached hydrogen (secondary N) is 2. The molecule has 0 atom stereocenters. The lowest BCUT2D eigenvalue weighted by molar-refractivity contribution is -0.384. The molecule has 0 fully saturated rings. The summed E-state index contributed by atoms with van der Waals surface area (Å²) in [7, 11) is 0. The number of hydrogen-bond acceptors (Lipinski definition) is 6. The van der Waals surface area contributed by atoms with E-state index in [1.807, 2.05) is 0 Å². The second-order valence-electron chi connectivity index (χ2n) is 5.21. The van der Waals surface area contributed by atoms with Crippen LogP contribution >= 0.6 is 11.6 Å². The zero-order valence-corrected chi connectivity index (χ0v) is 14.2. The van der Waals surface area contributed by atoms with E-state index in [2.05, 4.69) is 10.6 Å². The summed E-state index contributed by atoms with van der Waals surface area (Å²) >= 11 is 5.91. The molecule has 0 aliphatic rings. The van der Waals surface area contributed by atoms with Crippen LogP contribution in [0, 0.1) is 28.4 Å². The minimum atomic E-state index is -0.811. The summed E-state index contributed by atoms with van der Waals surface area (Å²) in [5.74, 6) is -0.852. The van der Waals surface area contributed by atoms with E-state index < -0.39 is 10.8 Å². The average Bonchev–Trinajstić information content (AvgIpc) is 2.58. The zero-order chi connectivity index (χ0) is 19.3. The van der Waals surface area contributed by atoms with Gasteiger partial charge >= 0.3 is 0 Å². The number of carbonyl (C=O) groups is 1. The summed E-state index contributed by atoms with van der Waals surface area (Å²) in [6, 6.07) is 10.1. The molecule has 0 saturated carbocycles. The van der Waals surface area contributed by atoms with Crippen LogP contribution in [0.2, 0.25) is 5.02 Å². The lowest BCUT2D eigenvalue weighted by Crippen LogP contribution is -2.15. The Hall–Kier alpha value is -3.57. The van der Waals surface area contributed by atoms with Crippen LogP contribution in [-0.4, -0.2) is 15.9 Å². The highest BCUT2D eigenvalue weighted by Gasteiger charge is 2.15. The van der Waals surface area contributed by atoms with Crippen LogP contribution in [0.1, 0.15) is 5.56 Å². The average molecular weight is 373 g/mol. The molecule has 1 amide bonds. The molecule has 8 nitrogen and oxygen atoms in total. The maximum absolute atomic E-state index is 12.2. The smallest absolute Gasteiger partial charge is 0.271 e. The third-order valence-corrected chi connectivity index (χ3v) is 3.63. The fourth-order valence-electron chi connectivity index (χ4n) is 1.97. The number of aromatic hydroxyl groups is 1. The maximum Gasteiger partial charge on any atom is 0.271 e. The Balaban J connectivity index is 2.20. The van der Waals surface area contributed by atoms with Crippen LogP contribution in [0.25, 0.3) is 0 Å². The number of nitriles is 1. The molecular formula is C17H13ClN4O4. The molecular weight excluding hydrogens is 360 g/mol. The molecule has 0 radical (unpaired) electrons. The Morgan fingerprint density at radius 1 is 1.31 bits per heavy atom. The van der Waals surface area contributed by atoms with Crippen molar-refractivity contribution in [3.63, 3.8) is 0 Å². The van der Waals surface area contributed by atoms with Gasteiger partial charge in [-0.15, -0.1) is 0 Å². The van der Waals surface area contributed by atoms with Gasteiger partial charge in [-0.25, -0.2) is 0 Å². The molecule has 0 heterocycles. The first-order chi connectivity index (χ1) is 12.3. The van der Waals surface area contributed by atoms with E-state index in [0.717, 1.165) is 17.8 Å². The van der Waals surface area contributed by atoms with Crippen molar-refractivity contribution in [1.29, 1.82) is 5.26 Å². The topological polar surface area (TPSA) is 128 Å². The predicted molar refractivity (Wildman–Crippen MR) is 96.9 cm³/mol. The molecule has 2 aromatic rings. The predicted octanol–water partition coefficient (Wildman–Crippen LogP) is 3.72. The van der Waals surface area contributed by atoms with Crippen molar-refractivity contribution in [2.75, 3.05) is 10.6 Å². The highest BCUT2D eigenvalue weighted by Crippen LogP contribution is 2.27. The van der Waals surface area contributed by atoms with Gasteiger partial charge in [-0.3, -0.25) is 14.9 Å². The molecule has 2 aromatic carbocycles. The highest BCUT2D eigenvalue weighted by molar-refractivity contribution is 6.34. The summed E-state index contributed by atoms with van der Waals surface area (Å²) in [5, 5.41) is 34.9. The first-order valence-corrected chi connectivity index (χ1v) is 7.61. The minimum absolute atomic E-state index is 0.00481. The van der Waals surface area contributed by atoms with Crippen molar-refractivity contribution in [1.82, 2.24) is 0 Å². The van der Waals surface area contributed by atoms with Crippen LogP contribution in [0.3, 0.4) is 0 Å². The molecule has 0 aromatic heterocycles. The van der Waals surface area contributed by atoms with Gasteiger partial charge in [0.2, 0.25) is 0 Å². The largest absolute Gasteiger partial charge is 0.506 e. The number of aryl methyl sites for hydroxylation is 1. The van der Waals surface area contributed by atoms with E-state index in [1.165, 1.54) is 18.2 Å². The summed E-state index contributed by atoms with van der Waals surface area (Å²) in [5.41, 5.74) is 0.591. The first kappa shape index (κ1) is 18.8. The SMILES string of the molecule is Cc1ccc(N/C=C(/C#N)C(=O)Nc2cc([N+](=O)[O-])ccc2Cl)c(O)c1. The van der Waals surface area contributed by atoms with Crippen molar-refractivity contribution in [2.24, 2.45) is 0 Å². The van der Waals surface area contributed by atoms with E-state index in [-0.39, 0.29) is 27.7 Å². The van der Waals surface area contributed by atoms with Crippen molar-refractivity contribution < 1.29 is 14.8 Å². The number of phenols is 1. The fourth-order valence-corrected chi connectivity index (χ4v) is 2.14. The molecule has 0 aliphatic carbocycles. The van der Waals surface area contributed by atoms with Gasteiger partial charge in [-0.05, 0) is 30.7 Å². The van der Waals surface area contributed by atoms with Crippen molar-refractivity contribution in [3.05, 3.63) is 68.9 Å². The molecule has 26 heavy (non-hydrogen) atoms. The molecule has 0 saturated heterocycles. The number of phenolic OH excluding ortho intramolecular Hbond substituents is 1. The first-order valence-electron chi connectivity index (χ1n) is 7.23. The molecule has 132 valence electrons. The summed E-state index contributed by atoms with van der Waals surface area (Å²) in [4.78, 5) is 22.4. The van der Waals surface area contributed by atoms with Gasteiger partial charge in [0, 0.05) is 18.3 Å². The number of halogens is 1. The minimum Gasteiger partial charge on any atom is -0.506 e. The Morgan fingerprint density at radius 2 is 2.04 bits per heavy atom. The summed E-state index contributed by atoms with van der Waals surface area (Å²) in [6.45, 7) is 1.80. The van der Waals surface area contributed by atoms with E-state index in [4.69, 9.17) is 16.9 Å². The lowest BCUT2D eigenvalue weighted by Gasteiger charge is -2.08. The van der Waals surface area contributed by atoms with E-state index in [1.54, 1.807) is 25.1 Å². The van der Waals surface area contributed by atoms with Gasteiger partial charge in [0.15, 0.2) is 0 Å². The number of benzene rings is 2. The maximum atomic E-state index is 12.2. The van der Waals surface area contributed by atoms with Gasteiger partial charge in [-0.2, -0.15) is 5.26 Å². The number of hydrogen-bond donors (Lipinski definition) is 3. The highest BCUT2D eigenvalue weighted by atomic mass is 35.5. The number of anilines is 2. The normalized spacial score (nSPS) is 10.7. The van der Waals surface area contributed by atoms with Crippen LogP contribution in [0.5, 0.6) is 5.75 Å². The standard InChI is InChI=1S/C17H13ClN4O4/c1-10-2-5-14(16(23)6-10)20-9-11(8-19)17(24)21-15-7-12(22(25)26)3-4-13(15)18/h2-7,9,20,23H,1H3,(H,21,24)/b11-9-. The number of nitro groups is 1. The van der Waals surface area contributed by atoms with Crippen molar-refractivity contribution >= 4 is 34.6 Å². The Labute approximate surface area is 153 Å². The van der Waals surface area contributed by atoms with Crippen LogP contribution in [-0.2, 0) is 4.79 Å². The fraction of sp³-hybridized carbons (Fsp3) is 0.0588. The monoisotopic (exact) mass is 372 g/mol. The van der Waals surface area contributed by atoms with Gasteiger partial charge < -0.3 is 15.7 Å². The Morgan fingerprint density at radius 3 is 2.65 bits per heavy atom. The molecule has 0 bridgehead atoms. The third-order valence-electron chi connectivity index (χ3n) is 3.30. The summed E-state index contributed by atoms with van der Waals surface area (Å²) < 4.78 is 0. The molecule has 3 N–H and O–H groups in total. The van der Waals surface area contributed by atoms with Gasteiger partial charge in [0.1, 0.15) is 17.4 Å². The van der Waals surface area contributed by atoms with Gasteiger partial charge in [0.05, 0.1) is 21.3 Å². The molecule has 0 unspecified atom stereocenters. The lowest BCUT2D eigenvalue weighted by atomic mass is 10.2. The number of rotatable bonds is 5. The number of carbonyl (C=O) groups excluding carboxylic acids is 1. The van der Waals surface area contributed by atoms with E-state index in [0.29, 0.717) is 5.69 Å². The van der Waals surface area contributed by atoms with Crippen LogP contribution in [0.4, 0.5) is 17.1 Å². The molecule has 0 aliphatic heterocycles. The van der Waals surface area contributed by atoms with Crippen LogP contribution in [0.15, 0.2) is 48.2 Å². The molecule has 9 heteroatoms. The van der Waals surface area contributed by atoms with Gasteiger partial charge in [-0.1, -0.05) is 17.7 Å².